The summed E-state index contributed by atoms with van der Waals surface area (Å²) in [5.74, 6) is -0.0888. The molecule has 0 saturated heterocycles. The third kappa shape index (κ3) is 3.12. The average molecular weight is 491 g/mol. The fourth-order valence-electron chi connectivity index (χ4n) is 8.95. The predicted molar refractivity (Wildman–Crippen MR) is 142 cm³/mol. The zero-order chi connectivity index (χ0) is 26.3. The Bertz CT molecular complexity index is 1180. The largest absolute Gasteiger partial charge is 0.504 e. The highest BCUT2D eigenvalue weighted by Gasteiger charge is 2.67. The number of carbonyl (C=O) groups excluding carboxylic acids is 2. The summed E-state index contributed by atoms with van der Waals surface area (Å²) in [6.45, 7) is 17.6. The van der Waals surface area contributed by atoms with Crippen molar-refractivity contribution in [2.24, 2.45) is 33.0 Å². The van der Waals surface area contributed by atoms with Crippen molar-refractivity contribution in [2.45, 2.75) is 86.5 Å². The van der Waals surface area contributed by atoms with Gasteiger partial charge in [-0.1, -0.05) is 58.1 Å². The predicted octanol–water partition coefficient (Wildman–Crippen LogP) is 7.34. The zero-order valence-corrected chi connectivity index (χ0v) is 22.9. The number of hydrogen-bond acceptors (Lipinski definition) is 4. The number of rotatable bonds is 3. The van der Waals surface area contributed by atoms with Gasteiger partial charge >= 0.3 is 5.97 Å². The molecule has 4 heteroatoms. The van der Waals surface area contributed by atoms with Crippen LogP contribution in [0.5, 0.6) is 0 Å². The van der Waals surface area contributed by atoms with Gasteiger partial charge in [0, 0.05) is 11.0 Å². The highest BCUT2D eigenvalue weighted by Crippen LogP contribution is 2.75. The van der Waals surface area contributed by atoms with Crippen LogP contribution in [-0.4, -0.2) is 23.5 Å². The van der Waals surface area contributed by atoms with Crippen LogP contribution in [0.25, 0.3) is 0 Å². The van der Waals surface area contributed by atoms with Crippen molar-refractivity contribution in [3.8, 4) is 0 Å². The molecule has 3 fully saturated rings. The summed E-state index contributed by atoms with van der Waals surface area (Å²) in [6, 6.07) is 0. The molecule has 36 heavy (non-hydrogen) atoms. The lowest BCUT2D eigenvalue weighted by atomic mass is 9.34. The van der Waals surface area contributed by atoms with E-state index in [0.717, 1.165) is 56.1 Å². The third-order valence-electron chi connectivity index (χ3n) is 11.7. The van der Waals surface area contributed by atoms with Crippen molar-refractivity contribution in [3.63, 3.8) is 0 Å². The summed E-state index contributed by atoms with van der Waals surface area (Å²) in [5, 5.41) is 10.3. The van der Waals surface area contributed by atoms with Crippen molar-refractivity contribution in [2.75, 3.05) is 6.61 Å². The number of hydrogen-bond donors (Lipinski definition) is 1. The van der Waals surface area contributed by atoms with Crippen LogP contribution in [0.2, 0.25) is 0 Å². The van der Waals surface area contributed by atoms with E-state index in [9.17, 15) is 14.7 Å². The molecule has 0 spiro atoms. The van der Waals surface area contributed by atoms with Crippen LogP contribution >= 0.6 is 0 Å². The molecule has 0 amide bonds. The van der Waals surface area contributed by atoms with Crippen LogP contribution in [0, 0.1) is 33.0 Å². The molecular formula is C32H42O4. The first-order chi connectivity index (χ1) is 16.8. The topological polar surface area (TPSA) is 63.6 Å². The smallest absolute Gasteiger partial charge is 0.312 e. The van der Waals surface area contributed by atoms with Gasteiger partial charge in [0.15, 0.2) is 5.76 Å². The SMILES string of the molecule is C=CCOC(=O)[C@]1(C)CC[C@]2(C)CC[C@]3(C)C4=CC=C5C(=CC(=O)C(O)=C5C)[C@]4(C)CC[C@@]3(C)[C@@H]2C1. The molecule has 5 aliphatic rings. The van der Waals surface area contributed by atoms with Gasteiger partial charge in [0.25, 0.3) is 0 Å². The highest BCUT2D eigenvalue weighted by atomic mass is 16.5. The molecule has 0 aliphatic heterocycles. The second-order valence-electron chi connectivity index (χ2n) is 13.5. The Hall–Kier alpha value is -2.36. The van der Waals surface area contributed by atoms with Crippen LogP contribution in [-0.2, 0) is 14.3 Å². The van der Waals surface area contributed by atoms with E-state index in [1.54, 1.807) is 12.2 Å². The average Bonchev–Trinajstić information content (AvgIpc) is 2.84. The molecule has 0 aromatic rings. The van der Waals surface area contributed by atoms with Crippen molar-refractivity contribution in [3.05, 3.63) is 58.9 Å². The molecule has 194 valence electrons. The van der Waals surface area contributed by atoms with Gasteiger partial charge in [-0.05, 0) is 98.2 Å². The first-order valence-corrected chi connectivity index (χ1v) is 13.6. The number of allylic oxidation sites excluding steroid dienone is 7. The lowest BCUT2D eigenvalue weighted by molar-refractivity contribution is -0.181. The number of esters is 1. The Morgan fingerprint density at radius 1 is 1.08 bits per heavy atom. The minimum absolute atomic E-state index is 0.0311. The Morgan fingerprint density at radius 3 is 2.47 bits per heavy atom. The molecule has 0 bridgehead atoms. The van der Waals surface area contributed by atoms with E-state index in [-0.39, 0.29) is 45.8 Å². The van der Waals surface area contributed by atoms with Crippen molar-refractivity contribution >= 4 is 11.8 Å². The van der Waals surface area contributed by atoms with Gasteiger partial charge in [-0.15, -0.1) is 0 Å². The molecule has 0 aromatic heterocycles. The van der Waals surface area contributed by atoms with Crippen LogP contribution in [0.3, 0.4) is 0 Å². The van der Waals surface area contributed by atoms with Gasteiger partial charge in [-0.2, -0.15) is 0 Å². The lowest BCUT2D eigenvalue weighted by Crippen LogP contribution is -2.62. The number of fused-ring (bicyclic) bond motifs is 7. The van der Waals surface area contributed by atoms with Gasteiger partial charge in [-0.25, -0.2) is 0 Å². The summed E-state index contributed by atoms with van der Waals surface area (Å²) in [6.07, 6.45) is 14.8. The van der Waals surface area contributed by atoms with E-state index in [1.807, 2.05) is 6.92 Å². The normalized spacial score (nSPS) is 43.7. The van der Waals surface area contributed by atoms with Gasteiger partial charge in [-0.3, -0.25) is 9.59 Å². The van der Waals surface area contributed by atoms with Gasteiger partial charge in [0.2, 0.25) is 5.78 Å². The Kier molecular flexibility index (Phi) is 5.50. The van der Waals surface area contributed by atoms with Crippen LogP contribution in [0.15, 0.2) is 58.9 Å². The molecular weight excluding hydrogens is 448 g/mol. The Morgan fingerprint density at radius 2 is 1.78 bits per heavy atom. The van der Waals surface area contributed by atoms with E-state index in [4.69, 9.17) is 4.74 Å². The second kappa shape index (κ2) is 7.82. The van der Waals surface area contributed by atoms with E-state index >= 15 is 0 Å². The Labute approximate surface area is 216 Å². The molecule has 0 aromatic carbocycles. The van der Waals surface area contributed by atoms with E-state index in [0.29, 0.717) is 11.5 Å². The summed E-state index contributed by atoms with van der Waals surface area (Å²) in [4.78, 5) is 25.8. The minimum atomic E-state index is -0.471. The molecule has 3 saturated carbocycles. The molecule has 5 aliphatic carbocycles. The maximum absolute atomic E-state index is 13.2. The third-order valence-corrected chi connectivity index (χ3v) is 11.7. The highest BCUT2D eigenvalue weighted by molar-refractivity contribution is 6.06. The molecule has 4 nitrogen and oxygen atoms in total. The number of ketones is 1. The number of carbonyl (C=O) groups is 2. The van der Waals surface area contributed by atoms with Crippen LogP contribution < -0.4 is 0 Å². The van der Waals surface area contributed by atoms with Crippen molar-refractivity contribution < 1.29 is 19.4 Å². The Balaban J connectivity index is 1.58. The summed E-state index contributed by atoms with van der Waals surface area (Å²) < 4.78 is 5.59. The van der Waals surface area contributed by atoms with E-state index in [2.05, 4.69) is 53.3 Å². The molecule has 0 radical (unpaired) electrons. The van der Waals surface area contributed by atoms with E-state index < -0.39 is 5.41 Å². The zero-order valence-electron chi connectivity index (χ0n) is 22.9. The first kappa shape index (κ1) is 25.3. The standard InChI is InChI=1S/C32H42O4/c1-8-17-36-27(35)29(4)12-11-28(3)13-15-31(6)24-10-9-21-20(2)26(34)23(33)18-22(21)30(24,5)14-16-32(31,7)25(28)19-29/h8-10,18,25,34H,1,11-17,19H2,2-7H3/t25-,28-,29-,30+,31-,32+/m1/s1. The summed E-state index contributed by atoms with van der Waals surface area (Å²) in [5.41, 5.74) is 3.67. The minimum Gasteiger partial charge on any atom is -0.504 e. The fourth-order valence-corrected chi connectivity index (χ4v) is 8.95. The maximum atomic E-state index is 13.2. The number of aliphatic hydroxyl groups is 1. The second-order valence-corrected chi connectivity index (χ2v) is 13.5. The lowest BCUT2D eigenvalue weighted by Gasteiger charge is -2.70. The van der Waals surface area contributed by atoms with Crippen LogP contribution in [0.4, 0.5) is 0 Å². The maximum Gasteiger partial charge on any atom is 0.312 e. The number of aliphatic hydroxyl groups excluding tert-OH is 1. The quantitative estimate of drug-likeness (QED) is 0.332. The molecule has 0 heterocycles. The van der Waals surface area contributed by atoms with Gasteiger partial charge in [0.05, 0.1) is 5.41 Å². The molecule has 6 atom stereocenters. The molecule has 5 rings (SSSR count). The molecule has 0 unspecified atom stereocenters. The number of ether oxygens (including phenoxy) is 1. The van der Waals surface area contributed by atoms with Crippen LogP contribution in [0.1, 0.15) is 86.5 Å². The molecule has 1 N–H and O–H groups in total. The van der Waals surface area contributed by atoms with Crippen molar-refractivity contribution in [1.29, 1.82) is 0 Å². The first-order valence-electron chi connectivity index (χ1n) is 13.6. The van der Waals surface area contributed by atoms with Crippen molar-refractivity contribution in [1.82, 2.24) is 0 Å². The summed E-state index contributed by atoms with van der Waals surface area (Å²) in [7, 11) is 0. The summed E-state index contributed by atoms with van der Waals surface area (Å²) >= 11 is 0. The van der Waals surface area contributed by atoms with Gasteiger partial charge < -0.3 is 9.84 Å². The van der Waals surface area contributed by atoms with Gasteiger partial charge in [0.1, 0.15) is 6.61 Å². The monoisotopic (exact) mass is 490 g/mol. The van der Waals surface area contributed by atoms with E-state index in [1.165, 1.54) is 5.57 Å². The fraction of sp³-hybridized carbons (Fsp3) is 0.625.